The molecule has 0 amide bonds. The SMILES string of the molecule is CS(=O)(=O)c1ccc(Cn2c(=O)[nH]c3cnc4nc(CO)ccc4c32)cc1. The Labute approximate surface area is 154 Å². The molecule has 0 aliphatic heterocycles. The smallest absolute Gasteiger partial charge is 0.326 e. The van der Waals surface area contributed by atoms with Gasteiger partial charge in [0.05, 0.1) is 41.0 Å². The normalized spacial score (nSPS) is 12.1. The zero-order chi connectivity index (χ0) is 19.2. The van der Waals surface area contributed by atoms with Crippen LogP contribution in [-0.4, -0.2) is 39.3 Å². The number of nitrogens with zero attached hydrogens (tertiary/aromatic N) is 3. The maximum Gasteiger partial charge on any atom is 0.326 e. The van der Waals surface area contributed by atoms with Crippen molar-refractivity contribution in [2.45, 2.75) is 18.0 Å². The van der Waals surface area contributed by atoms with Crippen molar-refractivity contribution in [2.24, 2.45) is 0 Å². The number of imidazole rings is 1. The third-order valence-corrected chi connectivity index (χ3v) is 5.50. The summed E-state index contributed by atoms with van der Waals surface area (Å²) >= 11 is 0. The minimum atomic E-state index is -3.27. The fourth-order valence-corrected chi connectivity index (χ4v) is 3.66. The topological polar surface area (TPSA) is 118 Å². The van der Waals surface area contributed by atoms with Crippen molar-refractivity contribution in [1.82, 2.24) is 19.5 Å². The molecule has 0 saturated heterocycles. The average Bonchev–Trinajstić information content (AvgIpc) is 2.96. The van der Waals surface area contributed by atoms with Crippen LogP contribution in [0.5, 0.6) is 0 Å². The number of fused-ring (bicyclic) bond motifs is 3. The highest BCUT2D eigenvalue weighted by Gasteiger charge is 2.13. The predicted molar refractivity (Wildman–Crippen MR) is 100 cm³/mol. The van der Waals surface area contributed by atoms with E-state index in [4.69, 9.17) is 0 Å². The summed E-state index contributed by atoms with van der Waals surface area (Å²) in [6.45, 7) is 0.0754. The maximum atomic E-state index is 12.5. The van der Waals surface area contributed by atoms with Crippen LogP contribution in [0.3, 0.4) is 0 Å². The van der Waals surface area contributed by atoms with Gasteiger partial charge in [-0.25, -0.2) is 23.2 Å². The molecule has 0 radical (unpaired) electrons. The number of nitrogens with one attached hydrogen (secondary N) is 1. The van der Waals surface area contributed by atoms with Gasteiger partial charge < -0.3 is 10.1 Å². The highest BCUT2D eigenvalue weighted by molar-refractivity contribution is 7.90. The van der Waals surface area contributed by atoms with E-state index in [-0.39, 0.29) is 23.7 Å². The number of H-pyrrole nitrogens is 1. The summed E-state index contributed by atoms with van der Waals surface area (Å²) in [4.78, 5) is 24.0. The van der Waals surface area contributed by atoms with Crippen LogP contribution in [-0.2, 0) is 23.0 Å². The van der Waals surface area contributed by atoms with Gasteiger partial charge in [-0.2, -0.15) is 0 Å². The molecule has 0 unspecified atom stereocenters. The van der Waals surface area contributed by atoms with Crippen LogP contribution in [0.25, 0.3) is 22.1 Å². The van der Waals surface area contributed by atoms with Crippen molar-refractivity contribution < 1.29 is 13.5 Å². The second kappa shape index (κ2) is 6.29. The third kappa shape index (κ3) is 3.11. The molecule has 0 saturated carbocycles. The molecule has 9 heteroatoms. The number of rotatable bonds is 4. The van der Waals surface area contributed by atoms with Crippen molar-refractivity contribution >= 4 is 31.9 Å². The standard InChI is InChI=1S/C18H16N4O4S/c1-27(25,26)13-5-2-11(3-6-13)9-22-16-14-7-4-12(10-23)20-17(14)19-8-15(16)21-18(22)24/h2-8,23H,9-10H2,1H3,(H,21,24). The summed E-state index contributed by atoms with van der Waals surface area (Å²) in [7, 11) is -3.27. The van der Waals surface area contributed by atoms with E-state index in [1.165, 1.54) is 18.3 Å². The zero-order valence-corrected chi connectivity index (χ0v) is 15.2. The molecule has 4 rings (SSSR count). The largest absolute Gasteiger partial charge is 0.390 e. The summed E-state index contributed by atoms with van der Waals surface area (Å²) in [5.74, 6) is 0. The fraction of sp³-hybridized carbons (Fsp3) is 0.167. The van der Waals surface area contributed by atoms with E-state index in [0.717, 1.165) is 11.8 Å². The lowest BCUT2D eigenvalue weighted by atomic mass is 10.2. The number of aliphatic hydroxyl groups is 1. The van der Waals surface area contributed by atoms with Gasteiger partial charge in [0.15, 0.2) is 15.5 Å². The van der Waals surface area contributed by atoms with Gasteiger partial charge in [0.1, 0.15) is 0 Å². The molecule has 0 fully saturated rings. The number of aromatic nitrogens is 4. The Morgan fingerprint density at radius 2 is 1.89 bits per heavy atom. The molecular weight excluding hydrogens is 368 g/mol. The Morgan fingerprint density at radius 3 is 2.56 bits per heavy atom. The first-order chi connectivity index (χ1) is 12.9. The number of hydrogen-bond acceptors (Lipinski definition) is 6. The molecule has 3 heterocycles. The van der Waals surface area contributed by atoms with Crippen molar-refractivity contribution in [3.63, 3.8) is 0 Å². The minimum absolute atomic E-state index is 0.192. The van der Waals surface area contributed by atoms with Crippen LogP contribution >= 0.6 is 0 Å². The van der Waals surface area contributed by atoms with Crippen LogP contribution in [0.1, 0.15) is 11.3 Å². The van der Waals surface area contributed by atoms with Crippen LogP contribution in [0, 0.1) is 0 Å². The van der Waals surface area contributed by atoms with Gasteiger partial charge in [0, 0.05) is 11.6 Å². The minimum Gasteiger partial charge on any atom is -0.390 e. The van der Waals surface area contributed by atoms with Gasteiger partial charge in [-0.3, -0.25) is 4.57 Å². The van der Waals surface area contributed by atoms with Crippen molar-refractivity contribution in [3.8, 4) is 0 Å². The quantitative estimate of drug-likeness (QED) is 0.546. The van der Waals surface area contributed by atoms with E-state index in [9.17, 15) is 18.3 Å². The molecule has 0 spiro atoms. The average molecular weight is 384 g/mol. The van der Waals surface area contributed by atoms with E-state index in [1.54, 1.807) is 28.8 Å². The monoisotopic (exact) mass is 384 g/mol. The number of aromatic amines is 1. The van der Waals surface area contributed by atoms with Crippen molar-refractivity contribution in [2.75, 3.05) is 6.26 Å². The number of aliphatic hydroxyl groups excluding tert-OH is 1. The molecule has 3 aromatic heterocycles. The predicted octanol–water partition coefficient (Wildman–Crippen LogP) is 1.22. The Bertz CT molecular complexity index is 1320. The van der Waals surface area contributed by atoms with Gasteiger partial charge in [0.25, 0.3) is 0 Å². The van der Waals surface area contributed by atoms with Gasteiger partial charge in [0.2, 0.25) is 0 Å². The molecule has 0 atom stereocenters. The van der Waals surface area contributed by atoms with Crippen LogP contribution < -0.4 is 5.69 Å². The van der Waals surface area contributed by atoms with E-state index < -0.39 is 9.84 Å². The molecular formula is C18H16N4O4S. The summed E-state index contributed by atoms with van der Waals surface area (Å²) < 4.78 is 24.8. The lowest BCUT2D eigenvalue weighted by Crippen LogP contribution is -2.17. The highest BCUT2D eigenvalue weighted by atomic mass is 32.2. The number of sulfone groups is 1. The zero-order valence-electron chi connectivity index (χ0n) is 14.4. The van der Waals surface area contributed by atoms with E-state index in [0.29, 0.717) is 27.8 Å². The van der Waals surface area contributed by atoms with Crippen molar-refractivity contribution in [3.05, 3.63) is 64.3 Å². The van der Waals surface area contributed by atoms with Crippen LogP contribution in [0.15, 0.2) is 52.3 Å². The first-order valence-corrected chi connectivity index (χ1v) is 10.0. The Hall–Kier alpha value is -3.04. The first-order valence-electron chi connectivity index (χ1n) is 8.14. The molecule has 0 aliphatic rings. The number of pyridine rings is 2. The van der Waals surface area contributed by atoms with Crippen LogP contribution in [0.2, 0.25) is 0 Å². The van der Waals surface area contributed by atoms with Gasteiger partial charge >= 0.3 is 5.69 Å². The second-order valence-electron chi connectivity index (χ2n) is 6.28. The first kappa shape index (κ1) is 17.4. The molecule has 0 aliphatic carbocycles. The molecule has 27 heavy (non-hydrogen) atoms. The maximum absolute atomic E-state index is 12.5. The molecule has 2 N–H and O–H groups in total. The van der Waals surface area contributed by atoms with Crippen molar-refractivity contribution in [1.29, 1.82) is 0 Å². The second-order valence-corrected chi connectivity index (χ2v) is 8.30. The molecule has 8 nitrogen and oxygen atoms in total. The molecule has 4 aromatic rings. The van der Waals surface area contributed by atoms with E-state index >= 15 is 0 Å². The fourth-order valence-electron chi connectivity index (χ4n) is 3.03. The van der Waals surface area contributed by atoms with Gasteiger partial charge in [-0.05, 0) is 29.8 Å². The van der Waals surface area contributed by atoms with E-state index in [1.807, 2.05) is 0 Å². The van der Waals surface area contributed by atoms with Crippen LogP contribution in [0.4, 0.5) is 0 Å². The molecule has 0 bridgehead atoms. The van der Waals surface area contributed by atoms with E-state index in [2.05, 4.69) is 15.0 Å². The van der Waals surface area contributed by atoms with Gasteiger partial charge in [-0.15, -0.1) is 0 Å². The molecule has 1 aromatic carbocycles. The lowest BCUT2D eigenvalue weighted by Gasteiger charge is -2.07. The summed E-state index contributed by atoms with van der Waals surface area (Å²) in [6.07, 6.45) is 2.69. The Kier molecular flexibility index (Phi) is 4.05. The highest BCUT2D eigenvalue weighted by Crippen LogP contribution is 2.22. The van der Waals surface area contributed by atoms with Gasteiger partial charge in [-0.1, -0.05) is 12.1 Å². The lowest BCUT2D eigenvalue weighted by molar-refractivity contribution is 0.277. The third-order valence-electron chi connectivity index (χ3n) is 4.37. The Morgan fingerprint density at radius 1 is 1.15 bits per heavy atom. The Balaban J connectivity index is 1.85. The number of benzene rings is 1. The molecule has 138 valence electrons. The summed E-state index contributed by atoms with van der Waals surface area (Å²) in [6, 6.07) is 9.89. The summed E-state index contributed by atoms with van der Waals surface area (Å²) in [5, 5.41) is 9.94. The number of hydrogen-bond donors (Lipinski definition) is 2. The summed E-state index contributed by atoms with van der Waals surface area (Å²) in [5.41, 5.74) is 2.67.